The Morgan fingerprint density at radius 2 is 1.79 bits per heavy atom. The van der Waals surface area contributed by atoms with Crippen LogP contribution in [0.4, 0.5) is 9.18 Å². The van der Waals surface area contributed by atoms with Crippen LogP contribution in [-0.2, 0) is 19.4 Å². The molecule has 1 aliphatic heterocycles. The molecule has 0 saturated carbocycles. The van der Waals surface area contributed by atoms with E-state index < -0.39 is 39.4 Å². The van der Waals surface area contributed by atoms with Gasteiger partial charge in [0.25, 0.3) is 0 Å². The summed E-state index contributed by atoms with van der Waals surface area (Å²) >= 11 is 0. The third-order valence-corrected chi connectivity index (χ3v) is 6.56. The molecule has 1 heterocycles. The molecule has 0 aromatic heterocycles. The maximum Gasteiger partial charge on any atom is 0.338 e. The molecule has 11 heteroatoms. The number of methoxy groups -OCH3 is 2. The molecule has 1 atom stereocenters. The Balaban J connectivity index is 2.16. The van der Waals surface area contributed by atoms with Crippen molar-refractivity contribution in [3.05, 3.63) is 65.1 Å². The van der Waals surface area contributed by atoms with E-state index >= 15 is 0 Å². The van der Waals surface area contributed by atoms with E-state index in [-0.39, 0.29) is 22.8 Å². The number of carbonyl (C=O) groups is 2. The minimum absolute atomic E-state index is 0.0240. The van der Waals surface area contributed by atoms with Crippen LogP contribution in [0.5, 0.6) is 11.5 Å². The van der Waals surface area contributed by atoms with Crippen LogP contribution in [0.25, 0.3) is 0 Å². The number of hydrogen-bond acceptors (Lipinski definition) is 7. The molecule has 3 rings (SSSR count). The van der Waals surface area contributed by atoms with Gasteiger partial charge in [-0.2, -0.15) is 0 Å². The summed E-state index contributed by atoms with van der Waals surface area (Å²) in [6.45, 7) is 1.62. The number of rotatable bonds is 8. The summed E-state index contributed by atoms with van der Waals surface area (Å²) < 4.78 is 55.0. The van der Waals surface area contributed by atoms with Crippen LogP contribution in [0.1, 0.15) is 18.5 Å². The van der Waals surface area contributed by atoms with Gasteiger partial charge >= 0.3 is 12.0 Å². The number of amides is 2. The van der Waals surface area contributed by atoms with E-state index in [0.29, 0.717) is 17.1 Å². The van der Waals surface area contributed by atoms with Crippen LogP contribution in [0.15, 0.2) is 58.6 Å². The first-order valence-electron chi connectivity index (χ1n) is 9.88. The van der Waals surface area contributed by atoms with Crippen molar-refractivity contribution in [2.24, 2.45) is 0 Å². The minimum Gasteiger partial charge on any atom is -0.497 e. The fraction of sp³-hybridized carbons (Fsp3) is 0.273. The van der Waals surface area contributed by atoms with E-state index in [9.17, 15) is 22.4 Å². The highest BCUT2D eigenvalue weighted by molar-refractivity contribution is 7.91. The van der Waals surface area contributed by atoms with Gasteiger partial charge in [0.1, 0.15) is 17.3 Å². The highest BCUT2D eigenvalue weighted by Crippen LogP contribution is 2.36. The molecule has 176 valence electrons. The summed E-state index contributed by atoms with van der Waals surface area (Å²) in [7, 11) is -1.17. The Hall–Kier alpha value is -3.60. The lowest BCUT2D eigenvalue weighted by molar-refractivity contribution is -0.139. The predicted octanol–water partition coefficient (Wildman–Crippen LogP) is 2.49. The summed E-state index contributed by atoms with van der Waals surface area (Å²) in [5, 5.41) is 5.03. The zero-order valence-corrected chi connectivity index (χ0v) is 19.0. The third-order valence-electron chi connectivity index (χ3n) is 4.90. The number of nitrogens with one attached hydrogen (secondary N) is 2. The number of ether oxygens (including phenoxy) is 3. The Bertz CT molecular complexity index is 1190. The molecule has 33 heavy (non-hydrogen) atoms. The molecule has 2 amide bonds. The van der Waals surface area contributed by atoms with Crippen LogP contribution < -0.4 is 20.1 Å². The summed E-state index contributed by atoms with van der Waals surface area (Å²) in [5.74, 6) is -1.36. The normalized spacial score (nSPS) is 16.0. The monoisotopic (exact) mass is 478 g/mol. The highest BCUT2D eigenvalue weighted by atomic mass is 32.2. The van der Waals surface area contributed by atoms with Crippen molar-refractivity contribution in [3.63, 3.8) is 0 Å². The molecular formula is C22H23FN2O7S. The van der Waals surface area contributed by atoms with Gasteiger partial charge in [0.05, 0.1) is 43.1 Å². The second-order valence-corrected chi connectivity index (χ2v) is 8.95. The summed E-state index contributed by atoms with van der Waals surface area (Å²) in [6, 6.07) is 7.25. The topological polar surface area (TPSA) is 120 Å². The second-order valence-electron chi connectivity index (χ2n) is 6.97. The highest BCUT2D eigenvalue weighted by Gasteiger charge is 2.37. The molecule has 2 aromatic rings. The van der Waals surface area contributed by atoms with Crippen molar-refractivity contribution in [3.8, 4) is 11.5 Å². The zero-order chi connectivity index (χ0) is 24.2. The maximum absolute atomic E-state index is 13.3. The van der Waals surface area contributed by atoms with Crippen molar-refractivity contribution in [2.75, 3.05) is 26.6 Å². The van der Waals surface area contributed by atoms with Gasteiger partial charge in [-0.05, 0) is 49.4 Å². The van der Waals surface area contributed by atoms with Gasteiger partial charge in [-0.1, -0.05) is 0 Å². The molecule has 0 bridgehead atoms. The number of halogens is 1. The third kappa shape index (κ3) is 5.25. The largest absolute Gasteiger partial charge is 0.497 e. The summed E-state index contributed by atoms with van der Waals surface area (Å²) in [5.41, 5.74) is 0.108. The molecule has 0 radical (unpaired) electrons. The van der Waals surface area contributed by atoms with Crippen molar-refractivity contribution in [1.29, 1.82) is 0 Å². The van der Waals surface area contributed by atoms with Gasteiger partial charge in [-0.25, -0.2) is 22.4 Å². The molecule has 1 aliphatic rings. The second kappa shape index (κ2) is 9.90. The smallest absolute Gasteiger partial charge is 0.338 e. The van der Waals surface area contributed by atoms with Gasteiger partial charge in [-0.15, -0.1) is 0 Å². The van der Waals surface area contributed by atoms with Crippen LogP contribution in [-0.4, -0.2) is 47.0 Å². The zero-order valence-electron chi connectivity index (χ0n) is 18.2. The minimum atomic E-state index is -4.05. The molecule has 2 N–H and O–H groups in total. The lowest BCUT2D eigenvalue weighted by atomic mass is 9.94. The lowest BCUT2D eigenvalue weighted by Crippen LogP contribution is -2.47. The van der Waals surface area contributed by atoms with Crippen molar-refractivity contribution in [2.45, 2.75) is 17.9 Å². The van der Waals surface area contributed by atoms with Gasteiger partial charge in [0.15, 0.2) is 9.84 Å². The Labute approximate surface area is 190 Å². The predicted molar refractivity (Wildman–Crippen MR) is 116 cm³/mol. The average Bonchev–Trinajstić information content (AvgIpc) is 2.78. The van der Waals surface area contributed by atoms with E-state index in [0.717, 1.165) is 24.3 Å². The molecule has 0 saturated heterocycles. The molecule has 0 aliphatic carbocycles. The number of benzene rings is 2. The first kappa shape index (κ1) is 24.1. The van der Waals surface area contributed by atoms with E-state index in [1.54, 1.807) is 25.1 Å². The van der Waals surface area contributed by atoms with Gasteiger partial charge in [-0.3, -0.25) is 0 Å². The first-order valence-corrected chi connectivity index (χ1v) is 11.5. The van der Waals surface area contributed by atoms with Crippen LogP contribution >= 0.6 is 0 Å². The van der Waals surface area contributed by atoms with E-state index in [1.165, 1.54) is 14.2 Å². The quantitative estimate of drug-likeness (QED) is 0.442. The number of carbonyl (C=O) groups excluding carboxylic acids is 2. The number of hydrogen-bond donors (Lipinski definition) is 2. The molecule has 9 nitrogen and oxygen atoms in total. The summed E-state index contributed by atoms with van der Waals surface area (Å²) in [4.78, 5) is 25.2. The Kier molecular flexibility index (Phi) is 7.22. The molecule has 0 fully saturated rings. The number of esters is 1. The molecular weight excluding hydrogens is 455 g/mol. The number of sulfone groups is 1. The standard InChI is InChI=1S/C22H23FN2O7S/c1-4-32-21(26)19-17(12-33(28,29)15-8-5-13(23)6-9-15)24-22(27)25-20(19)16-11-14(30-2)7-10-18(16)31-3/h5-11,20H,4,12H2,1-3H3,(H2,24,25,27)/t20-/m0/s1. The SMILES string of the molecule is CCOC(=O)C1=C(CS(=O)(=O)c2ccc(F)cc2)NC(=O)N[C@H]1c1cc(OC)ccc1OC. The van der Waals surface area contributed by atoms with Crippen molar-refractivity contribution in [1.82, 2.24) is 10.6 Å². The van der Waals surface area contributed by atoms with Gasteiger partial charge in [0, 0.05) is 11.3 Å². The van der Waals surface area contributed by atoms with E-state index in [1.807, 2.05) is 0 Å². The molecule has 2 aromatic carbocycles. The molecule has 0 spiro atoms. The van der Waals surface area contributed by atoms with Crippen molar-refractivity contribution < 1.29 is 36.6 Å². The first-order chi connectivity index (χ1) is 15.7. The fourth-order valence-corrected chi connectivity index (χ4v) is 4.72. The van der Waals surface area contributed by atoms with Crippen LogP contribution in [0, 0.1) is 5.82 Å². The Morgan fingerprint density at radius 1 is 1.09 bits per heavy atom. The Morgan fingerprint density at radius 3 is 2.39 bits per heavy atom. The number of urea groups is 1. The maximum atomic E-state index is 13.3. The van der Waals surface area contributed by atoms with E-state index in [2.05, 4.69) is 10.6 Å². The van der Waals surface area contributed by atoms with Gasteiger partial charge in [0.2, 0.25) is 0 Å². The lowest BCUT2D eigenvalue weighted by Gasteiger charge is -2.30. The summed E-state index contributed by atoms with van der Waals surface area (Å²) in [6.07, 6.45) is 0. The fourth-order valence-electron chi connectivity index (χ4n) is 3.40. The van der Waals surface area contributed by atoms with Crippen LogP contribution in [0.3, 0.4) is 0 Å². The van der Waals surface area contributed by atoms with Crippen molar-refractivity contribution >= 4 is 21.8 Å². The van der Waals surface area contributed by atoms with Gasteiger partial charge < -0.3 is 24.8 Å². The molecule has 0 unspecified atom stereocenters. The van der Waals surface area contributed by atoms with Crippen LogP contribution in [0.2, 0.25) is 0 Å². The van der Waals surface area contributed by atoms with E-state index in [4.69, 9.17) is 14.2 Å². The average molecular weight is 478 g/mol.